The Hall–Kier alpha value is -1.22. The molecule has 3 heteroatoms. The van der Waals surface area contributed by atoms with Crippen LogP contribution in [-0.2, 0) is 0 Å². The molecule has 0 saturated carbocycles. The first kappa shape index (κ1) is 9.34. The lowest BCUT2D eigenvalue weighted by Crippen LogP contribution is -1.89. The van der Waals surface area contributed by atoms with Gasteiger partial charge in [-0.15, -0.1) is 0 Å². The van der Waals surface area contributed by atoms with Gasteiger partial charge in [0.25, 0.3) is 0 Å². The van der Waals surface area contributed by atoms with Gasteiger partial charge in [-0.3, -0.25) is 4.79 Å². The van der Waals surface area contributed by atoms with Crippen LogP contribution in [0, 0.1) is 6.92 Å². The van der Waals surface area contributed by atoms with Crippen molar-refractivity contribution in [2.24, 2.45) is 0 Å². The quantitative estimate of drug-likeness (QED) is 0.776. The van der Waals surface area contributed by atoms with E-state index >= 15 is 0 Å². The van der Waals surface area contributed by atoms with Crippen molar-refractivity contribution in [3.8, 4) is 0 Å². The standard InChI is InChI=1S/C11H11NOS/c1-7-3-4-8-9(11(13)14-2)6-12-10(8)5-7/h3-6,12H,1-2H3. The molecule has 14 heavy (non-hydrogen) atoms. The molecule has 1 N–H and O–H groups in total. The molecule has 2 nitrogen and oxygen atoms in total. The van der Waals surface area contributed by atoms with Crippen LogP contribution in [0.2, 0.25) is 0 Å². The Morgan fingerprint density at radius 3 is 2.93 bits per heavy atom. The number of hydrogen-bond donors (Lipinski definition) is 1. The molecule has 1 aromatic carbocycles. The van der Waals surface area contributed by atoms with E-state index in [9.17, 15) is 4.79 Å². The molecular formula is C11H11NOS. The zero-order valence-corrected chi connectivity index (χ0v) is 8.94. The number of aromatic nitrogens is 1. The highest BCUT2D eigenvalue weighted by Crippen LogP contribution is 2.22. The van der Waals surface area contributed by atoms with E-state index in [1.54, 1.807) is 12.5 Å². The van der Waals surface area contributed by atoms with Gasteiger partial charge in [0.05, 0.1) is 5.56 Å². The first-order chi connectivity index (χ1) is 6.72. The Kier molecular flexibility index (Phi) is 2.33. The molecular weight excluding hydrogens is 194 g/mol. The number of H-pyrrole nitrogens is 1. The summed E-state index contributed by atoms with van der Waals surface area (Å²) in [5.41, 5.74) is 3.00. The number of aryl methyl sites for hydroxylation is 1. The smallest absolute Gasteiger partial charge is 0.221 e. The minimum absolute atomic E-state index is 0.111. The molecule has 0 amide bonds. The molecule has 0 spiro atoms. The van der Waals surface area contributed by atoms with E-state index in [0.717, 1.165) is 16.5 Å². The summed E-state index contributed by atoms with van der Waals surface area (Å²) in [6.45, 7) is 2.04. The molecule has 1 aromatic heterocycles. The third-order valence-corrected chi connectivity index (χ3v) is 2.83. The number of thioether (sulfide) groups is 1. The largest absolute Gasteiger partial charge is 0.360 e. The highest BCUT2D eigenvalue weighted by molar-refractivity contribution is 8.13. The molecule has 0 unspecified atom stereocenters. The maximum atomic E-state index is 11.5. The van der Waals surface area contributed by atoms with Gasteiger partial charge in [-0.05, 0) is 24.8 Å². The van der Waals surface area contributed by atoms with Crippen LogP contribution in [0.15, 0.2) is 24.4 Å². The number of rotatable bonds is 1. The van der Waals surface area contributed by atoms with Gasteiger partial charge in [0, 0.05) is 17.1 Å². The molecule has 0 aliphatic rings. The number of nitrogens with one attached hydrogen (secondary N) is 1. The van der Waals surface area contributed by atoms with Gasteiger partial charge >= 0.3 is 0 Å². The molecule has 0 radical (unpaired) electrons. The Morgan fingerprint density at radius 1 is 1.43 bits per heavy atom. The fourth-order valence-electron chi connectivity index (χ4n) is 1.52. The van der Waals surface area contributed by atoms with Crippen LogP contribution in [0.4, 0.5) is 0 Å². The molecule has 0 atom stereocenters. The van der Waals surface area contributed by atoms with Crippen LogP contribution in [-0.4, -0.2) is 16.4 Å². The van der Waals surface area contributed by atoms with Crippen LogP contribution in [0.3, 0.4) is 0 Å². The number of fused-ring (bicyclic) bond motifs is 1. The molecule has 2 rings (SSSR count). The predicted octanol–water partition coefficient (Wildman–Crippen LogP) is 2.98. The summed E-state index contributed by atoms with van der Waals surface area (Å²) in [7, 11) is 0. The highest BCUT2D eigenvalue weighted by Gasteiger charge is 2.10. The fourth-order valence-corrected chi connectivity index (χ4v) is 1.91. The van der Waals surface area contributed by atoms with Crippen molar-refractivity contribution in [1.29, 1.82) is 0 Å². The van der Waals surface area contributed by atoms with Crippen molar-refractivity contribution in [2.45, 2.75) is 6.92 Å². The average Bonchev–Trinajstić information content (AvgIpc) is 2.59. The minimum Gasteiger partial charge on any atom is -0.360 e. The third kappa shape index (κ3) is 1.44. The predicted molar refractivity (Wildman–Crippen MR) is 60.9 cm³/mol. The number of aromatic amines is 1. The minimum atomic E-state index is 0.111. The molecule has 1 heterocycles. The molecule has 0 saturated heterocycles. The maximum absolute atomic E-state index is 11.5. The lowest BCUT2D eigenvalue weighted by molar-refractivity contribution is 0.109. The van der Waals surface area contributed by atoms with E-state index in [1.165, 1.54) is 17.3 Å². The van der Waals surface area contributed by atoms with Crippen molar-refractivity contribution in [3.63, 3.8) is 0 Å². The van der Waals surface area contributed by atoms with Crippen LogP contribution in [0.1, 0.15) is 15.9 Å². The zero-order valence-electron chi connectivity index (χ0n) is 8.13. The van der Waals surface area contributed by atoms with E-state index < -0.39 is 0 Å². The van der Waals surface area contributed by atoms with Crippen LogP contribution < -0.4 is 0 Å². The van der Waals surface area contributed by atoms with Crippen molar-refractivity contribution < 1.29 is 4.79 Å². The van der Waals surface area contributed by atoms with Crippen LogP contribution >= 0.6 is 11.8 Å². The summed E-state index contributed by atoms with van der Waals surface area (Å²) in [4.78, 5) is 14.6. The lowest BCUT2D eigenvalue weighted by atomic mass is 10.1. The lowest BCUT2D eigenvalue weighted by Gasteiger charge is -1.95. The van der Waals surface area contributed by atoms with Gasteiger partial charge in [0.15, 0.2) is 0 Å². The Bertz CT molecular complexity index is 487. The first-order valence-electron chi connectivity index (χ1n) is 4.38. The molecule has 72 valence electrons. The highest BCUT2D eigenvalue weighted by atomic mass is 32.2. The topological polar surface area (TPSA) is 32.9 Å². The Morgan fingerprint density at radius 2 is 2.21 bits per heavy atom. The summed E-state index contributed by atoms with van der Waals surface area (Å²) in [5, 5.41) is 1.12. The van der Waals surface area contributed by atoms with Gasteiger partial charge in [0.2, 0.25) is 5.12 Å². The van der Waals surface area contributed by atoms with Gasteiger partial charge in [-0.1, -0.05) is 23.9 Å². The maximum Gasteiger partial charge on any atom is 0.221 e. The van der Waals surface area contributed by atoms with E-state index in [4.69, 9.17) is 0 Å². The molecule has 0 bridgehead atoms. The van der Waals surface area contributed by atoms with Crippen molar-refractivity contribution in [3.05, 3.63) is 35.5 Å². The van der Waals surface area contributed by atoms with Crippen molar-refractivity contribution >= 4 is 27.8 Å². The average molecular weight is 205 g/mol. The molecule has 0 aliphatic heterocycles. The molecule has 2 aromatic rings. The molecule has 0 aliphatic carbocycles. The number of hydrogen-bond acceptors (Lipinski definition) is 2. The molecule has 0 fully saturated rings. The van der Waals surface area contributed by atoms with Crippen molar-refractivity contribution in [1.82, 2.24) is 4.98 Å². The second-order valence-electron chi connectivity index (χ2n) is 3.24. The summed E-state index contributed by atoms with van der Waals surface area (Å²) in [6, 6.07) is 6.06. The fraction of sp³-hybridized carbons (Fsp3) is 0.182. The van der Waals surface area contributed by atoms with E-state index in [2.05, 4.69) is 4.98 Å². The summed E-state index contributed by atoms with van der Waals surface area (Å²) >= 11 is 1.24. The number of benzene rings is 1. The van der Waals surface area contributed by atoms with Gasteiger partial charge < -0.3 is 4.98 Å². The van der Waals surface area contributed by atoms with E-state index in [0.29, 0.717) is 0 Å². The summed E-state index contributed by atoms with van der Waals surface area (Å²) in [5.74, 6) is 0. The number of carbonyl (C=O) groups is 1. The van der Waals surface area contributed by atoms with Gasteiger partial charge in [-0.25, -0.2) is 0 Å². The zero-order chi connectivity index (χ0) is 10.1. The SMILES string of the molecule is CSC(=O)c1c[nH]c2cc(C)ccc12. The van der Waals surface area contributed by atoms with Gasteiger partial charge in [0.1, 0.15) is 0 Å². The Balaban J connectivity index is 2.64. The second-order valence-corrected chi connectivity index (χ2v) is 4.02. The first-order valence-corrected chi connectivity index (χ1v) is 5.61. The normalized spacial score (nSPS) is 10.7. The summed E-state index contributed by atoms with van der Waals surface area (Å²) in [6.07, 6.45) is 3.58. The Labute approximate surface area is 86.7 Å². The van der Waals surface area contributed by atoms with Gasteiger partial charge in [-0.2, -0.15) is 0 Å². The van der Waals surface area contributed by atoms with Crippen LogP contribution in [0.25, 0.3) is 10.9 Å². The number of carbonyl (C=O) groups excluding carboxylic acids is 1. The van der Waals surface area contributed by atoms with E-state index in [1.807, 2.05) is 25.1 Å². The van der Waals surface area contributed by atoms with E-state index in [-0.39, 0.29) is 5.12 Å². The second kappa shape index (κ2) is 3.50. The summed E-state index contributed by atoms with van der Waals surface area (Å²) < 4.78 is 0. The van der Waals surface area contributed by atoms with Crippen molar-refractivity contribution in [2.75, 3.05) is 6.26 Å². The van der Waals surface area contributed by atoms with Crippen LogP contribution in [0.5, 0.6) is 0 Å². The third-order valence-electron chi connectivity index (χ3n) is 2.24. The monoisotopic (exact) mass is 205 g/mol.